The quantitative estimate of drug-likeness (QED) is 0.812. The molecule has 0 saturated heterocycles. The van der Waals surface area contributed by atoms with Crippen LogP contribution < -0.4 is 10.6 Å². The summed E-state index contributed by atoms with van der Waals surface area (Å²) in [7, 11) is 1.77. The summed E-state index contributed by atoms with van der Waals surface area (Å²) in [6, 6.07) is 8.57. The molecule has 0 aromatic heterocycles. The molecule has 0 fully saturated rings. The summed E-state index contributed by atoms with van der Waals surface area (Å²) in [5, 5.41) is 5.80. The third-order valence-electron chi connectivity index (χ3n) is 3.33. The maximum absolute atomic E-state index is 11.5. The Kier molecular flexibility index (Phi) is 5.86. The van der Waals surface area contributed by atoms with Crippen LogP contribution in [-0.4, -0.2) is 19.5 Å². The van der Waals surface area contributed by atoms with E-state index in [1.807, 2.05) is 6.92 Å². The van der Waals surface area contributed by atoms with Crippen molar-refractivity contribution in [2.45, 2.75) is 39.2 Å². The summed E-state index contributed by atoms with van der Waals surface area (Å²) in [5.74, 6) is 0.615. The molecule has 2 unspecified atom stereocenters. The van der Waals surface area contributed by atoms with Gasteiger partial charge in [-0.2, -0.15) is 0 Å². The van der Waals surface area contributed by atoms with Gasteiger partial charge in [-0.05, 0) is 37.4 Å². The maximum atomic E-state index is 11.5. The highest BCUT2D eigenvalue weighted by Crippen LogP contribution is 2.21. The number of likely N-dealkylation sites (N-methyl/N-ethyl adjacent to an activating group) is 1. The normalized spacial score (nSPS) is 14.0. The molecule has 2 N–H and O–H groups in total. The number of hydrogen-bond acceptors (Lipinski definition) is 2. The van der Waals surface area contributed by atoms with Crippen molar-refractivity contribution < 1.29 is 4.79 Å². The topological polar surface area (TPSA) is 41.1 Å². The van der Waals surface area contributed by atoms with Gasteiger partial charge in [0.2, 0.25) is 5.91 Å². The number of carbonyl (C=O) groups is 1. The number of hydrogen-bond donors (Lipinski definition) is 2. The van der Waals surface area contributed by atoms with Crippen LogP contribution >= 0.6 is 0 Å². The SMILES string of the molecule is CCC(C)c1ccc(C(C)NC(=O)CNC)cc1. The van der Waals surface area contributed by atoms with Crippen LogP contribution in [0.25, 0.3) is 0 Å². The summed E-state index contributed by atoms with van der Waals surface area (Å²) in [5.41, 5.74) is 2.50. The Bertz CT molecular complexity index is 373. The third-order valence-corrected chi connectivity index (χ3v) is 3.33. The average molecular weight is 248 g/mol. The van der Waals surface area contributed by atoms with Crippen LogP contribution in [0.1, 0.15) is 50.3 Å². The van der Waals surface area contributed by atoms with Crippen molar-refractivity contribution in [2.75, 3.05) is 13.6 Å². The average Bonchev–Trinajstić information content (AvgIpc) is 2.38. The van der Waals surface area contributed by atoms with Crippen molar-refractivity contribution in [1.82, 2.24) is 10.6 Å². The van der Waals surface area contributed by atoms with Crippen LogP contribution in [0.2, 0.25) is 0 Å². The number of nitrogens with one attached hydrogen (secondary N) is 2. The Hall–Kier alpha value is -1.35. The molecule has 0 bridgehead atoms. The van der Waals surface area contributed by atoms with Crippen molar-refractivity contribution in [2.24, 2.45) is 0 Å². The Morgan fingerprint density at radius 3 is 2.22 bits per heavy atom. The summed E-state index contributed by atoms with van der Waals surface area (Å²) in [6.45, 7) is 6.79. The number of benzene rings is 1. The first kappa shape index (κ1) is 14.7. The zero-order chi connectivity index (χ0) is 13.5. The lowest BCUT2D eigenvalue weighted by Crippen LogP contribution is -2.33. The van der Waals surface area contributed by atoms with E-state index in [1.54, 1.807) is 7.05 Å². The van der Waals surface area contributed by atoms with E-state index in [9.17, 15) is 4.79 Å². The fourth-order valence-corrected chi connectivity index (χ4v) is 1.89. The van der Waals surface area contributed by atoms with Crippen LogP contribution in [0.4, 0.5) is 0 Å². The molecular weight excluding hydrogens is 224 g/mol. The van der Waals surface area contributed by atoms with Gasteiger partial charge in [-0.3, -0.25) is 4.79 Å². The Morgan fingerprint density at radius 1 is 1.17 bits per heavy atom. The standard InChI is InChI=1S/C15H24N2O/c1-5-11(2)13-6-8-14(9-7-13)12(3)17-15(18)10-16-4/h6-9,11-12,16H,5,10H2,1-4H3,(H,17,18). The largest absolute Gasteiger partial charge is 0.348 e. The van der Waals surface area contributed by atoms with E-state index >= 15 is 0 Å². The molecule has 0 aliphatic rings. The second-order valence-electron chi connectivity index (χ2n) is 4.80. The first-order valence-electron chi connectivity index (χ1n) is 6.62. The predicted octanol–water partition coefficient (Wildman–Crippen LogP) is 2.60. The summed E-state index contributed by atoms with van der Waals surface area (Å²) in [6.07, 6.45) is 1.15. The van der Waals surface area contributed by atoms with E-state index in [2.05, 4.69) is 48.7 Å². The molecule has 18 heavy (non-hydrogen) atoms. The van der Waals surface area contributed by atoms with Crippen LogP contribution in [0.5, 0.6) is 0 Å². The fourth-order valence-electron chi connectivity index (χ4n) is 1.89. The molecule has 0 heterocycles. The second kappa shape index (κ2) is 7.17. The zero-order valence-electron chi connectivity index (χ0n) is 11.8. The molecule has 2 atom stereocenters. The Morgan fingerprint density at radius 2 is 1.72 bits per heavy atom. The fraction of sp³-hybridized carbons (Fsp3) is 0.533. The molecule has 1 aromatic carbocycles. The monoisotopic (exact) mass is 248 g/mol. The van der Waals surface area contributed by atoms with E-state index in [-0.39, 0.29) is 11.9 Å². The minimum absolute atomic E-state index is 0.0241. The van der Waals surface area contributed by atoms with E-state index < -0.39 is 0 Å². The lowest BCUT2D eigenvalue weighted by molar-refractivity contribution is -0.120. The second-order valence-corrected chi connectivity index (χ2v) is 4.80. The molecule has 0 aliphatic carbocycles. The highest BCUT2D eigenvalue weighted by atomic mass is 16.1. The van der Waals surface area contributed by atoms with Crippen LogP contribution in [0.15, 0.2) is 24.3 Å². The van der Waals surface area contributed by atoms with E-state index in [0.717, 1.165) is 12.0 Å². The molecule has 0 aliphatic heterocycles. The number of rotatable bonds is 6. The van der Waals surface area contributed by atoms with Gasteiger partial charge in [-0.25, -0.2) is 0 Å². The van der Waals surface area contributed by atoms with E-state index in [1.165, 1.54) is 5.56 Å². The molecule has 1 aromatic rings. The summed E-state index contributed by atoms with van der Waals surface area (Å²) >= 11 is 0. The number of amides is 1. The van der Waals surface area contributed by atoms with Gasteiger partial charge < -0.3 is 10.6 Å². The van der Waals surface area contributed by atoms with Crippen molar-refractivity contribution >= 4 is 5.91 Å². The molecule has 3 heteroatoms. The molecule has 0 radical (unpaired) electrons. The minimum atomic E-state index is 0.0241. The predicted molar refractivity (Wildman–Crippen MR) is 75.6 cm³/mol. The van der Waals surface area contributed by atoms with Crippen LogP contribution in [-0.2, 0) is 4.79 Å². The molecule has 0 saturated carbocycles. The highest BCUT2D eigenvalue weighted by molar-refractivity contribution is 5.78. The molecule has 100 valence electrons. The van der Waals surface area contributed by atoms with Crippen molar-refractivity contribution in [3.8, 4) is 0 Å². The smallest absolute Gasteiger partial charge is 0.234 e. The molecule has 1 amide bonds. The summed E-state index contributed by atoms with van der Waals surface area (Å²) < 4.78 is 0. The lowest BCUT2D eigenvalue weighted by atomic mass is 9.96. The lowest BCUT2D eigenvalue weighted by Gasteiger charge is -2.16. The first-order chi connectivity index (χ1) is 8.58. The van der Waals surface area contributed by atoms with E-state index in [0.29, 0.717) is 12.5 Å². The zero-order valence-corrected chi connectivity index (χ0v) is 11.8. The Balaban J connectivity index is 2.64. The van der Waals surface area contributed by atoms with E-state index in [4.69, 9.17) is 0 Å². The van der Waals surface area contributed by atoms with Gasteiger partial charge in [0.1, 0.15) is 0 Å². The third kappa shape index (κ3) is 4.15. The van der Waals surface area contributed by atoms with Gasteiger partial charge in [-0.1, -0.05) is 38.1 Å². The molecule has 0 spiro atoms. The van der Waals surface area contributed by atoms with Gasteiger partial charge in [0.25, 0.3) is 0 Å². The molecule has 1 rings (SSSR count). The number of carbonyl (C=O) groups excluding carboxylic acids is 1. The minimum Gasteiger partial charge on any atom is -0.348 e. The van der Waals surface area contributed by atoms with Crippen molar-refractivity contribution in [3.05, 3.63) is 35.4 Å². The van der Waals surface area contributed by atoms with Crippen LogP contribution in [0, 0.1) is 0 Å². The maximum Gasteiger partial charge on any atom is 0.234 e. The first-order valence-corrected chi connectivity index (χ1v) is 6.62. The molecular formula is C15H24N2O. The summed E-state index contributed by atoms with van der Waals surface area (Å²) in [4.78, 5) is 11.5. The van der Waals surface area contributed by atoms with Gasteiger partial charge in [0.05, 0.1) is 12.6 Å². The van der Waals surface area contributed by atoms with Gasteiger partial charge in [0, 0.05) is 0 Å². The highest BCUT2D eigenvalue weighted by Gasteiger charge is 2.09. The van der Waals surface area contributed by atoms with Gasteiger partial charge in [-0.15, -0.1) is 0 Å². The van der Waals surface area contributed by atoms with Gasteiger partial charge >= 0.3 is 0 Å². The van der Waals surface area contributed by atoms with Crippen molar-refractivity contribution in [3.63, 3.8) is 0 Å². The molecule has 3 nitrogen and oxygen atoms in total. The van der Waals surface area contributed by atoms with Gasteiger partial charge in [0.15, 0.2) is 0 Å². The Labute approximate surface area is 110 Å². The van der Waals surface area contributed by atoms with Crippen molar-refractivity contribution in [1.29, 1.82) is 0 Å². The van der Waals surface area contributed by atoms with Crippen LogP contribution in [0.3, 0.4) is 0 Å².